The largest absolute Gasteiger partial charge is 0.508 e. The minimum absolute atomic E-state index is 0.0221. The fraction of sp³-hybridized carbons (Fsp3) is 0.360. The Morgan fingerprint density at radius 2 is 1.42 bits per heavy atom. The number of hydrogen-bond donors (Lipinski definition) is 4. The van der Waals surface area contributed by atoms with Crippen molar-refractivity contribution in [2.75, 3.05) is 6.79 Å². The molecule has 2 amide bonds. The number of carbonyl (C=O) groups is 4. The monoisotopic (exact) mass is 502 g/mol. The zero-order chi connectivity index (χ0) is 26.5. The molecule has 0 aromatic heterocycles. The van der Waals surface area contributed by atoms with Crippen LogP contribution < -0.4 is 10.6 Å². The lowest BCUT2D eigenvalue weighted by Crippen LogP contribution is -2.44. The van der Waals surface area contributed by atoms with E-state index in [0.717, 1.165) is 5.56 Å². The first kappa shape index (κ1) is 28.0. The van der Waals surface area contributed by atoms with E-state index in [0.29, 0.717) is 5.56 Å². The van der Waals surface area contributed by atoms with Crippen LogP contribution in [0.4, 0.5) is 9.59 Å². The second-order valence-electron chi connectivity index (χ2n) is 8.31. The van der Waals surface area contributed by atoms with Crippen molar-refractivity contribution in [3.63, 3.8) is 0 Å². The average molecular weight is 503 g/mol. The number of benzene rings is 2. The number of alkyl carbamates (subject to hydrolysis) is 2. The molecule has 0 unspecified atom stereocenters. The van der Waals surface area contributed by atoms with Crippen LogP contribution in [-0.4, -0.2) is 53.2 Å². The molecule has 0 aliphatic heterocycles. The smallest absolute Gasteiger partial charge is 0.410 e. The molecule has 0 radical (unpaired) electrons. The van der Waals surface area contributed by atoms with E-state index >= 15 is 0 Å². The van der Waals surface area contributed by atoms with Crippen molar-refractivity contribution in [2.45, 2.75) is 45.4 Å². The summed E-state index contributed by atoms with van der Waals surface area (Å²) in [4.78, 5) is 48.1. The van der Waals surface area contributed by atoms with Crippen LogP contribution in [0.25, 0.3) is 0 Å². The van der Waals surface area contributed by atoms with Crippen LogP contribution in [0.1, 0.15) is 31.4 Å². The number of carboxylic acid groups (broad SMARTS) is 1. The summed E-state index contributed by atoms with van der Waals surface area (Å²) in [6.07, 6.45) is -1.72. The zero-order valence-electron chi connectivity index (χ0n) is 20.0. The van der Waals surface area contributed by atoms with Gasteiger partial charge in [-0.05, 0) is 35.6 Å². The molecule has 2 aromatic carbocycles. The first-order valence-electron chi connectivity index (χ1n) is 11.2. The van der Waals surface area contributed by atoms with Crippen molar-refractivity contribution in [3.05, 3.63) is 65.7 Å². The number of aromatic hydroxyl groups is 1. The summed E-state index contributed by atoms with van der Waals surface area (Å²) in [7, 11) is 0. The maximum Gasteiger partial charge on any atom is 0.410 e. The second kappa shape index (κ2) is 14.2. The van der Waals surface area contributed by atoms with Crippen LogP contribution in [0.3, 0.4) is 0 Å². The highest BCUT2D eigenvalue weighted by molar-refractivity contribution is 5.82. The van der Waals surface area contributed by atoms with Crippen molar-refractivity contribution >= 4 is 24.1 Å². The van der Waals surface area contributed by atoms with Crippen LogP contribution in [-0.2, 0) is 36.8 Å². The second-order valence-corrected chi connectivity index (χ2v) is 8.31. The van der Waals surface area contributed by atoms with Gasteiger partial charge in [0.05, 0.1) is 0 Å². The summed E-state index contributed by atoms with van der Waals surface area (Å²) in [5, 5.41) is 23.3. The molecule has 0 bridgehead atoms. The highest BCUT2D eigenvalue weighted by Crippen LogP contribution is 2.12. The molecule has 4 N–H and O–H groups in total. The van der Waals surface area contributed by atoms with Gasteiger partial charge in [0.15, 0.2) is 0 Å². The van der Waals surface area contributed by atoms with Gasteiger partial charge in [-0.15, -0.1) is 0 Å². The van der Waals surface area contributed by atoms with Crippen molar-refractivity contribution in [3.8, 4) is 5.75 Å². The third kappa shape index (κ3) is 10.3. The van der Waals surface area contributed by atoms with E-state index in [1.807, 2.05) is 19.9 Å². The molecule has 36 heavy (non-hydrogen) atoms. The molecule has 194 valence electrons. The fourth-order valence-electron chi connectivity index (χ4n) is 3.09. The standard InChI is InChI=1S/C25H30N2O9/c1-16(2)12-21(27-24(32)34-14-18-6-4-3-5-7-18)23(31)35-15-36-25(33)26-20(22(29)30)13-17-8-10-19(28)11-9-17/h3-11,16,20-21,28H,12-15H2,1-2H3,(H,26,33)(H,27,32)(H,29,30)/t20-,21-/m0/s1. The molecule has 2 atom stereocenters. The van der Waals surface area contributed by atoms with Gasteiger partial charge in [0, 0.05) is 6.42 Å². The zero-order valence-corrected chi connectivity index (χ0v) is 20.0. The Morgan fingerprint density at radius 3 is 2.03 bits per heavy atom. The predicted octanol–water partition coefficient (Wildman–Crippen LogP) is 2.96. The minimum atomic E-state index is -1.31. The molecule has 0 spiro atoms. The Hall–Kier alpha value is -4.28. The topological polar surface area (TPSA) is 160 Å². The fourth-order valence-corrected chi connectivity index (χ4v) is 3.09. The predicted molar refractivity (Wildman–Crippen MR) is 127 cm³/mol. The quantitative estimate of drug-likeness (QED) is 0.253. The maximum atomic E-state index is 12.5. The van der Waals surface area contributed by atoms with E-state index in [1.165, 1.54) is 24.3 Å². The van der Waals surface area contributed by atoms with E-state index in [4.69, 9.17) is 14.2 Å². The molecule has 0 fully saturated rings. The number of carbonyl (C=O) groups excluding carboxylic acids is 3. The number of hydrogen-bond acceptors (Lipinski definition) is 8. The molecule has 0 saturated carbocycles. The third-order valence-electron chi connectivity index (χ3n) is 4.85. The molecule has 0 saturated heterocycles. The first-order chi connectivity index (χ1) is 17.1. The summed E-state index contributed by atoms with van der Waals surface area (Å²) in [5.74, 6) is -2.09. The van der Waals surface area contributed by atoms with Gasteiger partial charge in [0.25, 0.3) is 0 Å². The molecule has 0 aliphatic carbocycles. The van der Waals surface area contributed by atoms with E-state index in [-0.39, 0.29) is 31.1 Å². The Balaban J connectivity index is 1.81. The van der Waals surface area contributed by atoms with Crippen LogP contribution in [0.5, 0.6) is 5.75 Å². The average Bonchev–Trinajstić information content (AvgIpc) is 2.83. The summed E-state index contributed by atoms with van der Waals surface area (Å²) >= 11 is 0. The van der Waals surface area contributed by atoms with Gasteiger partial charge in [0.2, 0.25) is 6.79 Å². The van der Waals surface area contributed by atoms with Gasteiger partial charge in [-0.25, -0.2) is 19.2 Å². The number of nitrogens with one attached hydrogen (secondary N) is 2. The number of amides is 2. The SMILES string of the molecule is CC(C)C[C@H](NC(=O)OCc1ccccc1)C(=O)OCOC(=O)N[C@@H](Cc1ccc(O)cc1)C(=O)O. The van der Waals surface area contributed by atoms with Crippen molar-refractivity contribution in [1.82, 2.24) is 10.6 Å². The molecule has 2 aromatic rings. The summed E-state index contributed by atoms with van der Waals surface area (Å²) in [6, 6.07) is 12.5. The number of rotatable bonds is 12. The normalized spacial score (nSPS) is 12.2. The molecule has 0 aliphatic rings. The molecule has 11 nitrogen and oxygen atoms in total. The van der Waals surface area contributed by atoms with Crippen LogP contribution >= 0.6 is 0 Å². The number of carboxylic acids is 1. The molecular weight excluding hydrogens is 472 g/mol. The third-order valence-corrected chi connectivity index (χ3v) is 4.85. The van der Waals surface area contributed by atoms with Crippen LogP contribution in [0, 0.1) is 5.92 Å². The van der Waals surface area contributed by atoms with Gasteiger partial charge in [-0.2, -0.15) is 0 Å². The summed E-state index contributed by atoms with van der Waals surface area (Å²) in [5.41, 5.74) is 1.34. The van der Waals surface area contributed by atoms with Gasteiger partial charge in [-0.3, -0.25) is 0 Å². The minimum Gasteiger partial charge on any atom is -0.508 e. The van der Waals surface area contributed by atoms with Crippen LogP contribution in [0.15, 0.2) is 54.6 Å². The van der Waals surface area contributed by atoms with Crippen LogP contribution in [0.2, 0.25) is 0 Å². The van der Waals surface area contributed by atoms with E-state index < -0.39 is 43.0 Å². The van der Waals surface area contributed by atoms with E-state index in [1.54, 1.807) is 24.3 Å². The van der Waals surface area contributed by atoms with Gasteiger partial charge in [0.1, 0.15) is 24.4 Å². The Labute approximate surface area is 208 Å². The van der Waals surface area contributed by atoms with Crippen molar-refractivity contribution in [1.29, 1.82) is 0 Å². The van der Waals surface area contributed by atoms with Gasteiger partial charge < -0.3 is 35.1 Å². The number of phenolic OH excluding ortho intramolecular Hbond substituents is 1. The van der Waals surface area contributed by atoms with Crippen molar-refractivity contribution in [2.24, 2.45) is 5.92 Å². The summed E-state index contributed by atoms with van der Waals surface area (Å²) in [6.45, 7) is 2.93. The molecule has 11 heteroatoms. The molecule has 2 rings (SSSR count). The first-order valence-corrected chi connectivity index (χ1v) is 11.2. The lowest BCUT2D eigenvalue weighted by Gasteiger charge is -2.19. The summed E-state index contributed by atoms with van der Waals surface area (Å²) < 4.78 is 14.9. The lowest BCUT2D eigenvalue weighted by molar-refractivity contribution is -0.155. The van der Waals surface area contributed by atoms with Gasteiger partial charge >= 0.3 is 24.1 Å². The van der Waals surface area contributed by atoms with Gasteiger partial charge in [-0.1, -0.05) is 56.3 Å². The molecule has 0 heterocycles. The lowest BCUT2D eigenvalue weighted by atomic mass is 10.0. The number of aliphatic carboxylic acids is 1. The Morgan fingerprint density at radius 1 is 0.806 bits per heavy atom. The molecular formula is C25H30N2O9. The van der Waals surface area contributed by atoms with Crippen molar-refractivity contribution < 1.29 is 43.6 Å². The maximum absolute atomic E-state index is 12.5. The van der Waals surface area contributed by atoms with E-state index in [2.05, 4.69) is 10.6 Å². The Kier molecular flexibility index (Phi) is 11.0. The highest BCUT2D eigenvalue weighted by atomic mass is 16.7. The number of esters is 1. The Bertz CT molecular complexity index is 1010. The number of phenols is 1. The number of ether oxygens (including phenoxy) is 3. The highest BCUT2D eigenvalue weighted by Gasteiger charge is 2.25. The van der Waals surface area contributed by atoms with E-state index in [9.17, 15) is 29.4 Å².